The molecule has 0 saturated heterocycles. The molecular weight excluding hydrogens is 543 g/mol. The van der Waals surface area contributed by atoms with Crippen molar-refractivity contribution in [2.24, 2.45) is 0 Å². The van der Waals surface area contributed by atoms with E-state index in [1.54, 1.807) is 0 Å². The number of rotatable bonds is 4. The van der Waals surface area contributed by atoms with Crippen LogP contribution in [0.3, 0.4) is 0 Å². The fourth-order valence-electron chi connectivity index (χ4n) is 6.32. The number of furan rings is 1. The Kier molecular flexibility index (Phi) is 5.40. The van der Waals surface area contributed by atoms with Gasteiger partial charge >= 0.3 is 0 Å². The first-order valence-corrected chi connectivity index (χ1v) is 15.3. The fraction of sp³-hybridized carbons (Fsp3) is 0. The van der Waals surface area contributed by atoms with Crippen LogP contribution in [0.1, 0.15) is 0 Å². The Morgan fingerprint density at radius 2 is 1.00 bits per heavy atom. The van der Waals surface area contributed by atoms with Gasteiger partial charge in [0.15, 0.2) is 0 Å². The molecule has 9 aromatic rings. The molecule has 202 valence electrons. The van der Waals surface area contributed by atoms with Crippen molar-refractivity contribution in [2.45, 2.75) is 0 Å². The maximum Gasteiger partial charge on any atom is 0.135 e. The Balaban J connectivity index is 1.25. The summed E-state index contributed by atoms with van der Waals surface area (Å²) in [5, 5.41) is 7.38. The third kappa shape index (κ3) is 4.01. The minimum Gasteiger partial charge on any atom is -0.456 e. The van der Waals surface area contributed by atoms with Crippen molar-refractivity contribution in [3.63, 3.8) is 0 Å². The van der Waals surface area contributed by atoms with E-state index in [-0.39, 0.29) is 0 Å². The van der Waals surface area contributed by atoms with Gasteiger partial charge in [0.1, 0.15) is 11.2 Å². The molecule has 0 N–H and O–H groups in total. The standard InChI is InChI=1S/C40H25NOS/c1-2-8-26(9-3-1)27-14-16-30(17-15-27)41(31-18-20-38-34(24-31)33-12-6-7-13-37(33)42-38)32-19-21-39-36(25-32)35-22-28-10-4-5-11-29(28)23-40(35)43-39/h1-25H. The Labute approximate surface area is 252 Å². The molecule has 0 fully saturated rings. The van der Waals surface area contributed by atoms with Crippen LogP contribution in [0.25, 0.3) is 64.0 Å². The highest BCUT2D eigenvalue weighted by atomic mass is 32.1. The molecule has 2 nitrogen and oxygen atoms in total. The van der Waals surface area contributed by atoms with Crippen LogP contribution < -0.4 is 4.90 Å². The predicted molar refractivity (Wildman–Crippen MR) is 184 cm³/mol. The van der Waals surface area contributed by atoms with Gasteiger partial charge in [0.25, 0.3) is 0 Å². The highest BCUT2D eigenvalue weighted by Gasteiger charge is 2.17. The molecule has 9 rings (SSSR count). The molecule has 0 spiro atoms. The maximum absolute atomic E-state index is 6.18. The van der Waals surface area contributed by atoms with Crippen molar-refractivity contribution >= 4 is 81.3 Å². The van der Waals surface area contributed by atoms with Crippen LogP contribution in [0.15, 0.2) is 156 Å². The minimum absolute atomic E-state index is 0.899. The molecule has 43 heavy (non-hydrogen) atoms. The smallest absolute Gasteiger partial charge is 0.135 e. The molecule has 0 atom stereocenters. The second-order valence-electron chi connectivity index (χ2n) is 11.0. The van der Waals surface area contributed by atoms with Crippen LogP contribution in [0, 0.1) is 0 Å². The Bertz CT molecular complexity index is 2450. The van der Waals surface area contributed by atoms with E-state index in [1.807, 2.05) is 23.5 Å². The van der Waals surface area contributed by atoms with Crippen molar-refractivity contribution in [3.05, 3.63) is 152 Å². The second kappa shape index (κ2) is 9.59. The van der Waals surface area contributed by atoms with Crippen molar-refractivity contribution in [1.82, 2.24) is 0 Å². The Morgan fingerprint density at radius 1 is 0.395 bits per heavy atom. The number of benzene rings is 7. The molecule has 0 aliphatic carbocycles. The number of thiophene rings is 1. The summed E-state index contributed by atoms with van der Waals surface area (Å²) in [4.78, 5) is 2.36. The number of fused-ring (bicyclic) bond motifs is 7. The fourth-order valence-corrected chi connectivity index (χ4v) is 7.44. The van der Waals surface area contributed by atoms with Gasteiger partial charge in [-0.05, 0) is 88.6 Å². The Morgan fingerprint density at radius 3 is 1.84 bits per heavy atom. The average molecular weight is 568 g/mol. The lowest BCUT2D eigenvalue weighted by Crippen LogP contribution is -2.09. The van der Waals surface area contributed by atoms with E-state index < -0.39 is 0 Å². The van der Waals surface area contributed by atoms with Gasteiger partial charge in [-0.15, -0.1) is 11.3 Å². The van der Waals surface area contributed by atoms with Gasteiger partial charge in [0.05, 0.1) is 0 Å². The molecular formula is C40H25NOS. The van der Waals surface area contributed by atoms with Gasteiger partial charge < -0.3 is 9.32 Å². The van der Waals surface area contributed by atoms with Crippen LogP contribution in [0.5, 0.6) is 0 Å². The zero-order valence-corrected chi connectivity index (χ0v) is 24.0. The number of anilines is 3. The summed E-state index contributed by atoms with van der Waals surface area (Å²) in [5.74, 6) is 0. The first-order valence-electron chi connectivity index (χ1n) is 14.5. The van der Waals surface area contributed by atoms with Gasteiger partial charge in [0.2, 0.25) is 0 Å². The molecule has 0 saturated carbocycles. The van der Waals surface area contributed by atoms with Crippen molar-refractivity contribution in [1.29, 1.82) is 0 Å². The quantitative estimate of drug-likeness (QED) is 0.210. The van der Waals surface area contributed by atoms with E-state index in [1.165, 1.54) is 42.1 Å². The topological polar surface area (TPSA) is 16.4 Å². The maximum atomic E-state index is 6.18. The van der Waals surface area contributed by atoms with Gasteiger partial charge in [-0.1, -0.05) is 84.9 Å². The van der Waals surface area contributed by atoms with Crippen molar-refractivity contribution < 1.29 is 4.42 Å². The second-order valence-corrected chi connectivity index (χ2v) is 12.1. The highest BCUT2D eigenvalue weighted by Crippen LogP contribution is 2.43. The predicted octanol–water partition coefficient (Wildman–Crippen LogP) is 12.2. The summed E-state index contributed by atoms with van der Waals surface area (Å²) in [5.41, 5.74) is 7.55. The molecule has 0 aliphatic rings. The number of hydrogen-bond acceptors (Lipinski definition) is 3. The van der Waals surface area contributed by atoms with Crippen LogP contribution in [0.2, 0.25) is 0 Å². The SMILES string of the molecule is c1ccc(-c2ccc(N(c3ccc4oc5ccccc5c4c3)c3ccc4sc5cc6ccccc6cc5c4c3)cc2)cc1. The molecule has 0 radical (unpaired) electrons. The monoisotopic (exact) mass is 567 g/mol. The number of nitrogens with zero attached hydrogens (tertiary/aromatic N) is 1. The molecule has 0 amide bonds. The Hall–Kier alpha value is -5.38. The summed E-state index contributed by atoms with van der Waals surface area (Å²) >= 11 is 1.86. The third-order valence-corrected chi connectivity index (χ3v) is 9.56. The van der Waals surface area contributed by atoms with Crippen LogP contribution >= 0.6 is 11.3 Å². The average Bonchev–Trinajstić information content (AvgIpc) is 3.62. The lowest BCUT2D eigenvalue weighted by molar-refractivity contribution is 0.669. The summed E-state index contributed by atoms with van der Waals surface area (Å²) in [6.45, 7) is 0. The summed E-state index contributed by atoms with van der Waals surface area (Å²) in [6.07, 6.45) is 0. The third-order valence-electron chi connectivity index (χ3n) is 8.43. The zero-order chi connectivity index (χ0) is 28.3. The van der Waals surface area contributed by atoms with E-state index in [9.17, 15) is 0 Å². The van der Waals surface area contributed by atoms with Gasteiger partial charge in [-0.2, -0.15) is 0 Å². The lowest BCUT2D eigenvalue weighted by Gasteiger charge is -2.26. The molecule has 7 aromatic carbocycles. The number of para-hydroxylation sites is 1. The summed E-state index contributed by atoms with van der Waals surface area (Å²) < 4.78 is 8.79. The van der Waals surface area contributed by atoms with Gasteiger partial charge in [-0.3, -0.25) is 0 Å². The summed E-state index contributed by atoms with van der Waals surface area (Å²) in [7, 11) is 0. The van der Waals surface area contributed by atoms with E-state index in [0.29, 0.717) is 0 Å². The van der Waals surface area contributed by atoms with Crippen LogP contribution in [-0.4, -0.2) is 0 Å². The molecule has 3 heteroatoms. The van der Waals surface area contributed by atoms with E-state index in [0.717, 1.165) is 39.0 Å². The van der Waals surface area contributed by atoms with Crippen LogP contribution in [0.4, 0.5) is 17.1 Å². The normalized spacial score (nSPS) is 11.7. The summed E-state index contributed by atoms with van der Waals surface area (Å²) in [6, 6.07) is 54.4. The lowest BCUT2D eigenvalue weighted by atomic mass is 10.0. The molecule has 2 aromatic heterocycles. The van der Waals surface area contributed by atoms with Crippen molar-refractivity contribution in [3.8, 4) is 11.1 Å². The van der Waals surface area contributed by atoms with E-state index in [2.05, 4.69) is 144 Å². The molecule has 0 aliphatic heterocycles. The largest absolute Gasteiger partial charge is 0.456 e. The highest BCUT2D eigenvalue weighted by molar-refractivity contribution is 7.25. The van der Waals surface area contributed by atoms with Gasteiger partial charge in [0, 0.05) is 48.0 Å². The molecule has 2 heterocycles. The first-order chi connectivity index (χ1) is 21.3. The minimum atomic E-state index is 0.899. The molecule has 0 unspecified atom stereocenters. The van der Waals surface area contributed by atoms with Gasteiger partial charge in [-0.25, -0.2) is 0 Å². The van der Waals surface area contributed by atoms with Crippen molar-refractivity contribution in [2.75, 3.05) is 4.90 Å². The van der Waals surface area contributed by atoms with E-state index >= 15 is 0 Å². The number of hydrogen-bond donors (Lipinski definition) is 0. The van der Waals surface area contributed by atoms with E-state index in [4.69, 9.17) is 4.42 Å². The zero-order valence-electron chi connectivity index (χ0n) is 23.2. The first kappa shape index (κ1) is 24.2. The van der Waals surface area contributed by atoms with Crippen LogP contribution in [-0.2, 0) is 0 Å². The molecule has 0 bridgehead atoms.